The molecule has 0 amide bonds. The van der Waals surface area contributed by atoms with E-state index in [9.17, 15) is 0 Å². The second-order valence-corrected chi connectivity index (χ2v) is 6.08. The van der Waals surface area contributed by atoms with Crippen LogP contribution >= 0.6 is 0 Å². The highest BCUT2D eigenvalue weighted by molar-refractivity contribution is 5.71. The van der Waals surface area contributed by atoms with Gasteiger partial charge in [0.05, 0.1) is 0 Å². The molecule has 0 saturated heterocycles. The summed E-state index contributed by atoms with van der Waals surface area (Å²) in [4.78, 5) is 4.81. The molecule has 0 aliphatic carbocycles. The van der Waals surface area contributed by atoms with Crippen LogP contribution in [-0.4, -0.2) is 9.55 Å². The molecule has 1 aromatic heterocycles. The first-order chi connectivity index (χ1) is 9.60. The third kappa shape index (κ3) is 2.11. The standard InChI is InChI=1S/C17H23N3/c1-4-13-5-7-14(8-6-13)16-17(18)20-12(3)9-11(2)10-15(20)19-16/h5-8,11-12H,4,9-10,18H2,1-3H3. The summed E-state index contributed by atoms with van der Waals surface area (Å²) in [5, 5.41) is 0. The van der Waals surface area contributed by atoms with Crippen LogP contribution in [0.4, 0.5) is 5.82 Å². The van der Waals surface area contributed by atoms with E-state index in [0.717, 1.165) is 35.7 Å². The molecule has 2 aromatic rings. The zero-order chi connectivity index (χ0) is 14.3. The number of aromatic nitrogens is 2. The minimum atomic E-state index is 0.449. The topological polar surface area (TPSA) is 43.8 Å². The zero-order valence-corrected chi connectivity index (χ0v) is 12.6. The van der Waals surface area contributed by atoms with E-state index in [-0.39, 0.29) is 0 Å². The Morgan fingerprint density at radius 3 is 2.60 bits per heavy atom. The number of nitrogens with two attached hydrogens (primary N) is 1. The molecular weight excluding hydrogens is 246 g/mol. The summed E-state index contributed by atoms with van der Waals surface area (Å²) >= 11 is 0. The van der Waals surface area contributed by atoms with Crippen LogP contribution in [0.1, 0.15) is 44.6 Å². The average Bonchev–Trinajstić information content (AvgIpc) is 2.76. The smallest absolute Gasteiger partial charge is 0.131 e. The van der Waals surface area contributed by atoms with Crippen molar-refractivity contribution in [2.45, 2.75) is 46.1 Å². The predicted molar refractivity (Wildman–Crippen MR) is 83.6 cm³/mol. The summed E-state index contributed by atoms with van der Waals surface area (Å²) in [7, 11) is 0. The Balaban J connectivity index is 2.04. The Hall–Kier alpha value is -1.77. The van der Waals surface area contributed by atoms with E-state index in [1.54, 1.807) is 0 Å². The lowest BCUT2D eigenvalue weighted by atomic mass is 9.95. The number of aryl methyl sites for hydroxylation is 1. The maximum atomic E-state index is 6.36. The van der Waals surface area contributed by atoms with Crippen molar-refractivity contribution >= 4 is 5.82 Å². The van der Waals surface area contributed by atoms with Gasteiger partial charge in [-0.05, 0) is 31.2 Å². The molecule has 2 atom stereocenters. The van der Waals surface area contributed by atoms with Gasteiger partial charge in [-0.2, -0.15) is 0 Å². The molecule has 1 aliphatic heterocycles. The minimum Gasteiger partial charge on any atom is -0.383 e. The molecule has 3 nitrogen and oxygen atoms in total. The molecule has 3 rings (SSSR count). The van der Waals surface area contributed by atoms with Crippen LogP contribution in [0.2, 0.25) is 0 Å². The van der Waals surface area contributed by atoms with E-state index in [1.165, 1.54) is 12.0 Å². The SMILES string of the molecule is CCc1ccc(-c2nc3n(c2N)C(C)CC(C)C3)cc1. The van der Waals surface area contributed by atoms with Crippen LogP contribution < -0.4 is 5.73 Å². The molecule has 0 saturated carbocycles. The summed E-state index contributed by atoms with van der Waals surface area (Å²) in [6.07, 6.45) is 3.27. The van der Waals surface area contributed by atoms with Crippen molar-refractivity contribution in [2.24, 2.45) is 5.92 Å². The highest BCUT2D eigenvalue weighted by Crippen LogP contribution is 2.36. The first kappa shape index (κ1) is 13.2. The Kier molecular flexibility index (Phi) is 3.28. The Bertz CT molecular complexity index is 610. The predicted octanol–water partition coefficient (Wildman–Crippen LogP) is 3.84. The lowest BCUT2D eigenvalue weighted by molar-refractivity contribution is 0.346. The van der Waals surface area contributed by atoms with Crippen molar-refractivity contribution in [3.05, 3.63) is 35.7 Å². The normalized spacial score (nSPS) is 21.8. The van der Waals surface area contributed by atoms with Crippen LogP contribution in [-0.2, 0) is 12.8 Å². The van der Waals surface area contributed by atoms with Gasteiger partial charge in [0.2, 0.25) is 0 Å². The van der Waals surface area contributed by atoms with Gasteiger partial charge in [-0.25, -0.2) is 4.98 Å². The van der Waals surface area contributed by atoms with Crippen molar-refractivity contribution in [3.63, 3.8) is 0 Å². The third-order valence-corrected chi connectivity index (χ3v) is 4.37. The first-order valence-corrected chi connectivity index (χ1v) is 7.56. The van der Waals surface area contributed by atoms with E-state index in [4.69, 9.17) is 10.7 Å². The quantitative estimate of drug-likeness (QED) is 0.900. The van der Waals surface area contributed by atoms with Crippen LogP contribution in [0.25, 0.3) is 11.3 Å². The number of hydrogen-bond donors (Lipinski definition) is 1. The molecule has 0 fully saturated rings. The van der Waals surface area contributed by atoms with Crippen molar-refractivity contribution in [2.75, 3.05) is 5.73 Å². The van der Waals surface area contributed by atoms with Crippen LogP contribution in [0.15, 0.2) is 24.3 Å². The molecular formula is C17H23N3. The number of hydrogen-bond acceptors (Lipinski definition) is 2. The average molecular weight is 269 g/mol. The number of anilines is 1. The van der Waals surface area contributed by atoms with Gasteiger partial charge in [-0.3, -0.25) is 0 Å². The zero-order valence-electron chi connectivity index (χ0n) is 12.6. The van der Waals surface area contributed by atoms with Crippen molar-refractivity contribution in [1.29, 1.82) is 0 Å². The molecule has 0 radical (unpaired) electrons. The molecule has 2 heterocycles. The number of nitrogen functional groups attached to an aromatic ring is 1. The first-order valence-electron chi connectivity index (χ1n) is 7.56. The summed E-state index contributed by atoms with van der Waals surface area (Å²) in [6, 6.07) is 9.05. The Morgan fingerprint density at radius 2 is 1.95 bits per heavy atom. The van der Waals surface area contributed by atoms with Gasteiger partial charge in [0, 0.05) is 18.0 Å². The maximum absolute atomic E-state index is 6.36. The van der Waals surface area contributed by atoms with Gasteiger partial charge in [0.15, 0.2) is 0 Å². The van der Waals surface area contributed by atoms with E-state index < -0.39 is 0 Å². The summed E-state index contributed by atoms with van der Waals surface area (Å²) in [5.41, 5.74) is 9.78. The van der Waals surface area contributed by atoms with E-state index in [1.807, 2.05) is 0 Å². The van der Waals surface area contributed by atoms with Crippen molar-refractivity contribution in [3.8, 4) is 11.3 Å². The lowest BCUT2D eigenvalue weighted by Crippen LogP contribution is -2.22. The summed E-state index contributed by atoms with van der Waals surface area (Å²) in [5.74, 6) is 2.65. The van der Waals surface area contributed by atoms with Gasteiger partial charge in [-0.15, -0.1) is 0 Å². The van der Waals surface area contributed by atoms with E-state index in [2.05, 4.69) is 49.6 Å². The number of fused-ring (bicyclic) bond motifs is 1. The molecule has 0 bridgehead atoms. The van der Waals surface area contributed by atoms with Crippen molar-refractivity contribution in [1.82, 2.24) is 9.55 Å². The second-order valence-electron chi connectivity index (χ2n) is 6.08. The molecule has 1 aliphatic rings. The van der Waals surface area contributed by atoms with Gasteiger partial charge >= 0.3 is 0 Å². The Labute approximate surface area is 120 Å². The van der Waals surface area contributed by atoms with Gasteiger partial charge in [0.25, 0.3) is 0 Å². The number of nitrogens with zero attached hydrogens (tertiary/aromatic N) is 2. The molecule has 2 unspecified atom stereocenters. The molecule has 106 valence electrons. The monoisotopic (exact) mass is 269 g/mol. The molecule has 20 heavy (non-hydrogen) atoms. The number of rotatable bonds is 2. The molecule has 0 spiro atoms. The molecule has 2 N–H and O–H groups in total. The minimum absolute atomic E-state index is 0.449. The van der Waals surface area contributed by atoms with E-state index in [0.29, 0.717) is 12.0 Å². The van der Waals surface area contributed by atoms with Gasteiger partial charge in [-0.1, -0.05) is 38.1 Å². The summed E-state index contributed by atoms with van der Waals surface area (Å²) in [6.45, 7) is 6.70. The molecule has 3 heteroatoms. The van der Waals surface area contributed by atoms with Crippen LogP contribution in [0.5, 0.6) is 0 Å². The fourth-order valence-corrected chi connectivity index (χ4v) is 3.32. The van der Waals surface area contributed by atoms with E-state index >= 15 is 0 Å². The third-order valence-electron chi connectivity index (χ3n) is 4.37. The van der Waals surface area contributed by atoms with Gasteiger partial charge in [0.1, 0.15) is 17.3 Å². The summed E-state index contributed by atoms with van der Waals surface area (Å²) < 4.78 is 2.23. The maximum Gasteiger partial charge on any atom is 0.131 e. The highest BCUT2D eigenvalue weighted by atomic mass is 15.2. The highest BCUT2D eigenvalue weighted by Gasteiger charge is 2.26. The van der Waals surface area contributed by atoms with Gasteiger partial charge < -0.3 is 10.3 Å². The Morgan fingerprint density at radius 1 is 1.25 bits per heavy atom. The lowest BCUT2D eigenvalue weighted by Gasteiger charge is -2.27. The number of imidazole rings is 1. The largest absolute Gasteiger partial charge is 0.383 e. The van der Waals surface area contributed by atoms with Crippen LogP contribution in [0, 0.1) is 5.92 Å². The van der Waals surface area contributed by atoms with Crippen molar-refractivity contribution < 1.29 is 0 Å². The second kappa shape index (κ2) is 4.97. The fourth-order valence-electron chi connectivity index (χ4n) is 3.32. The van der Waals surface area contributed by atoms with Crippen LogP contribution in [0.3, 0.4) is 0 Å². The fraction of sp³-hybridized carbons (Fsp3) is 0.471. The number of benzene rings is 1. The molecule has 1 aromatic carbocycles.